The highest BCUT2D eigenvalue weighted by molar-refractivity contribution is 7.90. The van der Waals surface area contributed by atoms with Crippen LogP contribution >= 0.6 is 0 Å². The van der Waals surface area contributed by atoms with E-state index in [1.54, 1.807) is 17.3 Å². The number of ether oxygens (including phenoxy) is 2. The van der Waals surface area contributed by atoms with Gasteiger partial charge in [0, 0.05) is 67.6 Å². The first-order chi connectivity index (χ1) is 22.4. The van der Waals surface area contributed by atoms with Crippen molar-refractivity contribution in [2.75, 3.05) is 37.3 Å². The molecular formula is C29H30F3N9O5S. The van der Waals surface area contributed by atoms with Crippen LogP contribution in [0.4, 0.5) is 24.9 Å². The standard InChI is InChI=1S/C29H30F3N9O5S/c1-45-16-25(42)41(24-15-34-23(14-35-24)18-10-37-28(46-2)38-11-18)20-6-4-19(5-7-20)39-27-36-13-22(29(30,31)32)26(40-27)17-8-21(12-33-9-17)47(3,43)44/h8-15,19-20H,4-7,16H2,1-3H3,(H,36,39,40)/t19-,20-. The van der Waals surface area contributed by atoms with Crippen molar-refractivity contribution in [1.29, 1.82) is 0 Å². The molecule has 0 aliphatic heterocycles. The molecule has 5 rings (SSSR count). The number of hydrogen-bond acceptors (Lipinski definition) is 13. The molecule has 1 fully saturated rings. The van der Waals surface area contributed by atoms with Crippen LogP contribution in [0.15, 0.2) is 54.3 Å². The Kier molecular flexibility index (Phi) is 9.90. The highest BCUT2D eigenvalue weighted by Gasteiger charge is 2.36. The Hall–Kier alpha value is -4.84. The van der Waals surface area contributed by atoms with Gasteiger partial charge in [0.05, 0.1) is 35.8 Å². The Labute approximate surface area is 267 Å². The Morgan fingerprint density at radius 3 is 2.26 bits per heavy atom. The van der Waals surface area contributed by atoms with Crippen LogP contribution in [0.25, 0.3) is 22.5 Å². The molecule has 47 heavy (non-hydrogen) atoms. The zero-order chi connectivity index (χ0) is 33.8. The van der Waals surface area contributed by atoms with Crippen molar-refractivity contribution in [2.24, 2.45) is 0 Å². The molecule has 1 saturated carbocycles. The second kappa shape index (κ2) is 13.9. The smallest absolute Gasteiger partial charge is 0.419 e. The fourth-order valence-corrected chi connectivity index (χ4v) is 5.74. The van der Waals surface area contributed by atoms with Gasteiger partial charge in [-0.1, -0.05) is 0 Å². The Balaban J connectivity index is 1.32. The molecule has 0 aromatic carbocycles. The van der Waals surface area contributed by atoms with Crippen molar-refractivity contribution in [3.63, 3.8) is 0 Å². The Morgan fingerprint density at radius 2 is 1.66 bits per heavy atom. The topological polar surface area (TPSA) is 175 Å². The van der Waals surface area contributed by atoms with Gasteiger partial charge in [0.15, 0.2) is 15.7 Å². The summed E-state index contributed by atoms with van der Waals surface area (Å²) in [7, 11) is -0.854. The summed E-state index contributed by atoms with van der Waals surface area (Å²) in [5.41, 5.74) is -0.634. The van der Waals surface area contributed by atoms with Gasteiger partial charge in [0.25, 0.3) is 5.91 Å². The maximum atomic E-state index is 13.9. The van der Waals surface area contributed by atoms with Crippen LogP contribution in [0.1, 0.15) is 31.2 Å². The fraction of sp³-hybridized carbons (Fsp3) is 0.379. The van der Waals surface area contributed by atoms with Crippen molar-refractivity contribution in [1.82, 2.24) is 34.9 Å². The van der Waals surface area contributed by atoms with Crippen molar-refractivity contribution in [2.45, 2.75) is 48.8 Å². The van der Waals surface area contributed by atoms with Crippen molar-refractivity contribution < 1.29 is 35.9 Å². The summed E-state index contributed by atoms with van der Waals surface area (Å²) in [5.74, 6) is -0.0285. The van der Waals surface area contributed by atoms with Gasteiger partial charge in [-0.25, -0.2) is 33.3 Å². The molecule has 4 aromatic rings. The number of carbonyl (C=O) groups is 1. The summed E-state index contributed by atoms with van der Waals surface area (Å²) in [6, 6.07) is 0.829. The molecule has 0 saturated heterocycles. The first-order valence-electron chi connectivity index (χ1n) is 14.2. The zero-order valence-electron chi connectivity index (χ0n) is 25.5. The average Bonchev–Trinajstić information content (AvgIpc) is 3.05. The molecule has 0 spiro atoms. The summed E-state index contributed by atoms with van der Waals surface area (Å²) in [4.78, 5) is 43.4. The SMILES string of the molecule is COCC(=O)N(c1cnc(-c2cnc(OC)nc2)cn1)[C@H]1CC[C@H](Nc2ncc(C(F)(F)F)c(-c3cncc(S(C)(=O)=O)c3)n2)CC1. The van der Waals surface area contributed by atoms with E-state index >= 15 is 0 Å². The lowest BCUT2D eigenvalue weighted by atomic mass is 9.90. The van der Waals surface area contributed by atoms with E-state index in [1.807, 2.05) is 0 Å². The number of nitrogens with one attached hydrogen (secondary N) is 1. The normalized spacial score (nSPS) is 16.8. The third-order valence-corrected chi connectivity index (χ3v) is 8.51. The first-order valence-corrected chi connectivity index (χ1v) is 16.1. The number of pyridine rings is 1. The van der Waals surface area contributed by atoms with E-state index in [0.717, 1.165) is 24.7 Å². The average molecular weight is 674 g/mol. The number of aromatic nitrogens is 7. The molecular weight excluding hydrogens is 643 g/mol. The maximum absolute atomic E-state index is 13.9. The zero-order valence-corrected chi connectivity index (χ0v) is 26.3. The van der Waals surface area contributed by atoms with E-state index < -0.39 is 27.3 Å². The van der Waals surface area contributed by atoms with E-state index in [9.17, 15) is 26.4 Å². The van der Waals surface area contributed by atoms with Crippen LogP contribution < -0.4 is 15.0 Å². The predicted molar refractivity (Wildman–Crippen MR) is 162 cm³/mol. The molecule has 248 valence electrons. The minimum Gasteiger partial charge on any atom is -0.467 e. The van der Waals surface area contributed by atoms with Crippen LogP contribution in [-0.4, -0.2) is 88.4 Å². The molecule has 4 heterocycles. The fourth-order valence-electron chi connectivity index (χ4n) is 5.15. The molecule has 1 amide bonds. The molecule has 1 aliphatic rings. The number of carbonyl (C=O) groups excluding carboxylic acids is 1. The Morgan fingerprint density at radius 1 is 0.936 bits per heavy atom. The van der Waals surface area contributed by atoms with Crippen molar-refractivity contribution >= 4 is 27.5 Å². The van der Waals surface area contributed by atoms with Gasteiger partial charge in [0.2, 0.25) is 5.95 Å². The maximum Gasteiger partial charge on any atom is 0.419 e. The van der Waals surface area contributed by atoms with Gasteiger partial charge in [0.1, 0.15) is 12.2 Å². The molecule has 0 bridgehead atoms. The third-order valence-electron chi connectivity index (χ3n) is 7.43. The monoisotopic (exact) mass is 673 g/mol. The molecule has 14 nitrogen and oxygen atoms in total. The molecule has 18 heteroatoms. The van der Waals surface area contributed by atoms with Crippen LogP contribution in [0, 0.1) is 0 Å². The minimum atomic E-state index is -4.80. The summed E-state index contributed by atoms with van der Waals surface area (Å²) in [6.45, 7) is -0.175. The van der Waals surface area contributed by atoms with Gasteiger partial charge < -0.3 is 14.8 Å². The largest absolute Gasteiger partial charge is 0.467 e. The quantitative estimate of drug-likeness (QED) is 0.259. The van der Waals surface area contributed by atoms with Gasteiger partial charge in [-0.3, -0.25) is 19.7 Å². The highest BCUT2D eigenvalue weighted by atomic mass is 32.2. The van der Waals surface area contributed by atoms with Gasteiger partial charge in [-0.15, -0.1) is 0 Å². The van der Waals surface area contributed by atoms with E-state index in [2.05, 4.69) is 40.2 Å². The predicted octanol–water partition coefficient (Wildman–Crippen LogP) is 3.62. The second-order valence-electron chi connectivity index (χ2n) is 10.7. The van der Waals surface area contributed by atoms with Crippen molar-refractivity contribution in [3.05, 3.63) is 55.0 Å². The summed E-state index contributed by atoms with van der Waals surface area (Å²) < 4.78 is 75.7. The van der Waals surface area contributed by atoms with Crippen LogP contribution in [0.5, 0.6) is 6.01 Å². The molecule has 0 unspecified atom stereocenters. The third kappa shape index (κ3) is 7.94. The molecule has 1 N–H and O–H groups in total. The number of amides is 1. The van der Waals surface area contributed by atoms with Crippen LogP contribution in [-0.2, 0) is 25.5 Å². The number of anilines is 2. The highest BCUT2D eigenvalue weighted by Crippen LogP contribution is 2.37. The molecule has 0 atom stereocenters. The minimum absolute atomic E-state index is 0.0579. The lowest BCUT2D eigenvalue weighted by Crippen LogP contribution is -2.46. The van der Waals surface area contributed by atoms with Gasteiger partial charge in [-0.2, -0.15) is 13.2 Å². The van der Waals surface area contributed by atoms with Crippen LogP contribution in [0.2, 0.25) is 0 Å². The van der Waals surface area contributed by atoms with E-state index in [0.29, 0.717) is 49.0 Å². The number of methoxy groups -OCH3 is 2. The van der Waals surface area contributed by atoms with E-state index in [1.165, 1.54) is 26.6 Å². The number of alkyl halides is 3. The number of hydrogen-bond donors (Lipinski definition) is 1. The van der Waals surface area contributed by atoms with Gasteiger partial charge in [-0.05, 0) is 31.7 Å². The number of nitrogens with zero attached hydrogens (tertiary/aromatic N) is 8. The van der Waals surface area contributed by atoms with E-state index in [-0.39, 0.29) is 47.0 Å². The molecule has 1 aliphatic carbocycles. The first kappa shape index (κ1) is 33.5. The summed E-state index contributed by atoms with van der Waals surface area (Å²) in [6.07, 6.45) is 7.18. The number of halogens is 3. The second-order valence-corrected chi connectivity index (χ2v) is 12.7. The van der Waals surface area contributed by atoms with E-state index in [4.69, 9.17) is 9.47 Å². The molecule has 0 radical (unpaired) electrons. The number of sulfone groups is 1. The Bertz CT molecular complexity index is 1820. The summed E-state index contributed by atoms with van der Waals surface area (Å²) >= 11 is 0. The lowest BCUT2D eigenvalue weighted by Gasteiger charge is -2.36. The van der Waals surface area contributed by atoms with Gasteiger partial charge >= 0.3 is 12.2 Å². The lowest BCUT2D eigenvalue weighted by molar-refractivity contribution is -0.137. The molecule has 4 aromatic heterocycles. The van der Waals surface area contributed by atoms with Crippen molar-refractivity contribution in [3.8, 4) is 28.5 Å². The van der Waals surface area contributed by atoms with Crippen LogP contribution in [0.3, 0.4) is 0 Å². The number of rotatable bonds is 10. The summed E-state index contributed by atoms with van der Waals surface area (Å²) in [5, 5.41) is 3.10.